The Morgan fingerprint density at radius 2 is 1.62 bits per heavy atom. The van der Waals surface area contributed by atoms with E-state index in [0.717, 1.165) is 17.1 Å². The normalized spacial score (nSPS) is 12.1. The molecule has 4 nitrogen and oxygen atoms in total. The minimum Gasteiger partial charge on any atom is -0.480 e. The van der Waals surface area contributed by atoms with Gasteiger partial charge in [-0.25, -0.2) is 0 Å². The number of benzene rings is 2. The Morgan fingerprint density at radius 1 is 1.05 bits per heavy atom. The predicted molar refractivity (Wildman–Crippen MR) is 81.8 cm³/mol. The van der Waals surface area contributed by atoms with Gasteiger partial charge in [-0.05, 0) is 50.3 Å². The minimum atomic E-state index is -0.815. The van der Waals surface area contributed by atoms with E-state index in [4.69, 9.17) is 4.74 Å². The quantitative estimate of drug-likeness (QED) is 0.886. The molecule has 0 unspecified atom stereocenters. The van der Waals surface area contributed by atoms with Crippen molar-refractivity contribution < 1.29 is 14.6 Å². The number of hydrogen-bond donors (Lipinski definition) is 1. The molecule has 2 aromatic rings. The number of ether oxygens (including phenoxy) is 1. The highest BCUT2D eigenvalue weighted by Gasteiger charge is 2.19. The molecule has 2 rings (SSSR count). The number of carbonyl (C=O) groups is 1. The van der Waals surface area contributed by atoms with Crippen molar-refractivity contribution in [3.05, 3.63) is 60.2 Å². The number of rotatable bonds is 6. The molecule has 21 heavy (non-hydrogen) atoms. The lowest BCUT2D eigenvalue weighted by Gasteiger charge is -2.20. The van der Waals surface area contributed by atoms with Crippen molar-refractivity contribution in [1.29, 1.82) is 0 Å². The van der Waals surface area contributed by atoms with Gasteiger partial charge in [-0.3, -0.25) is 9.69 Å². The molecule has 0 spiro atoms. The van der Waals surface area contributed by atoms with Crippen molar-refractivity contribution >= 4 is 5.97 Å². The summed E-state index contributed by atoms with van der Waals surface area (Å²) >= 11 is 0. The van der Waals surface area contributed by atoms with Gasteiger partial charge in [0.25, 0.3) is 0 Å². The van der Waals surface area contributed by atoms with E-state index in [0.29, 0.717) is 6.42 Å². The number of likely N-dealkylation sites (N-methyl/N-ethyl adjacent to an activating group) is 1. The van der Waals surface area contributed by atoms with Crippen molar-refractivity contribution in [2.45, 2.75) is 12.5 Å². The molecule has 0 saturated carbocycles. The molecule has 0 saturated heterocycles. The zero-order valence-electron chi connectivity index (χ0n) is 12.2. The molecule has 0 bridgehead atoms. The van der Waals surface area contributed by atoms with Crippen LogP contribution in [-0.2, 0) is 11.2 Å². The highest BCUT2D eigenvalue weighted by Crippen LogP contribution is 2.21. The average molecular weight is 285 g/mol. The summed E-state index contributed by atoms with van der Waals surface area (Å²) in [4.78, 5) is 12.9. The van der Waals surface area contributed by atoms with E-state index in [9.17, 15) is 9.90 Å². The van der Waals surface area contributed by atoms with Crippen LogP contribution < -0.4 is 4.74 Å². The molecule has 0 aliphatic heterocycles. The van der Waals surface area contributed by atoms with Gasteiger partial charge in [0.1, 0.15) is 17.5 Å². The van der Waals surface area contributed by atoms with E-state index >= 15 is 0 Å². The molecule has 0 aliphatic rings. The monoisotopic (exact) mass is 285 g/mol. The SMILES string of the molecule is CN(C)[C@H](Cc1ccc(Oc2ccccc2)cc1)C(=O)O. The van der Waals surface area contributed by atoms with Gasteiger partial charge >= 0.3 is 5.97 Å². The van der Waals surface area contributed by atoms with Gasteiger partial charge in [0.15, 0.2) is 0 Å². The maximum Gasteiger partial charge on any atom is 0.321 e. The summed E-state index contributed by atoms with van der Waals surface area (Å²) in [6.07, 6.45) is 0.466. The summed E-state index contributed by atoms with van der Waals surface area (Å²) < 4.78 is 5.71. The Bertz CT molecular complexity index is 579. The summed E-state index contributed by atoms with van der Waals surface area (Å²) in [6.45, 7) is 0. The molecule has 1 atom stereocenters. The van der Waals surface area contributed by atoms with Crippen LogP contribution in [0.3, 0.4) is 0 Å². The fourth-order valence-corrected chi connectivity index (χ4v) is 2.03. The van der Waals surface area contributed by atoms with Crippen molar-refractivity contribution in [2.75, 3.05) is 14.1 Å². The lowest BCUT2D eigenvalue weighted by Crippen LogP contribution is -2.37. The second-order valence-electron chi connectivity index (χ2n) is 5.08. The first-order chi connectivity index (χ1) is 10.1. The van der Waals surface area contributed by atoms with Crippen LogP contribution in [0, 0.1) is 0 Å². The third-order valence-electron chi connectivity index (χ3n) is 3.24. The number of aliphatic carboxylic acids is 1. The maximum absolute atomic E-state index is 11.2. The van der Waals surface area contributed by atoms with E-state index in [2.05, 4.69) is 0 Å². The molecule has 1 N–H and O–H groups in total. The lowest BCUT2D eigenvalue weighted by atomic mass is 10.1. The zero-order chi connectivity index (χ0) is 15.2. The topological polar surface area (TPSA) is 49.8 Å². The fourth-order valence-electron chi connectivity index (χ4n) is 2.03. The second kappa shape index (κ2) is 6.90. The second-order valence-corrected chi connectivity index (χ2v) is 5.08. The van der Waals surface area contributed by atoms with Gasteiger partial charge < -0.3 is 9.84 Å². The third kappa shape index (κ3) is 4.33. The zero-order valence-corrected chi connectivity index (χ0v) is 12.2. The molecular weight excluding hydrogens is 266 g/mol. The van der Waals surface area contributed by atoms with Gasteiger partial charge in [0.2, 0.25) is 0 Å². The Morgan fingerprint density at radius 3 is 2.14 bits per heavy atom. The van der Waals surface area contributed by atoms with Crippen LogP contribution in [0.2, 0.25) is 0 Å². The Labute approximate surface area is 124 Å². The van der Waals surface area contributed by atoms with Crippen LogP contribution in [0.1, 0.15) is 5.56 Å². The first kappa shape index (κ1) is 15.1. The van der Waals surface area contributed by atoms with E-state index in [1.165, 1.54) is 0 Å². The van der Waals surface area contributed by atoms with E-state index in [1.807, 2.05) is 54.6 Å². The molecule has 0 aromatic heterocycles. The van der Waals surface area contributed by atoms with Crippen molar-refractivity contribution in [3.63, 3.8) is 0 Å². The standard InChI is InChI=1S/C17H19NO3/c1-18(2)16(17(19)20)12-13-8-10-15(11-9-13)21-14-6-4-3-5-7-14/h3-11,16H,12H2,1-2H3,(H,19,20)/t16-/m1/s1. The van der Waals surface area contributed by atoms with Gasteiger partial charge in [0, 0.05) is 0 Å². The molecule has 4 heteroatoms. The number of carboxylic acids is 1. The summed E-state index contributed by atoms with van der Waals surface area (Å²) in [5, 5.41) is 9.19. The van der Waals surface area contributed by atoms with Gasteiger partial charge in [-0.2, -0.15) is 0 Å². The van der Waals surface area contributed by atoms with Crippen LogP contribution in [-0.4, -0.2) is 36.1 Å². The van der Waals surface area contributed by atoms with Crippen molar-refractivity contribution in [2.24, 2.45) is 0 Å². The van der Waals surface area contributed by atoms with Crippen molar-refractivity contribution in [3.8, 4) is 11.5 Å². The summed E-state index contributed by atoms with van der Waals surface area (Å²) in [5.74, 6) is 0.702. The predicted octanol–water partition coefficient (Wildman–Crippen LogP) is 3.04. The Balaban J connectivity index is 2.03. The highest BCUT2D eigenvalue weighted by molar-refractivity contribution is 5.73. The first-order valence-electron chi connectivity index (χ1n) is 6.77. The lowest BCUT2D eigenvalue weighted by molar-refractivity contribution is -0.142. The Kier molecular flexibility index (Phi) is 4.95. The molecule has 0 fully saturated rings. The van der Waals surface area contributed by atoms with E-state index < -0.39 is 12.0 Å². The van der Waals surface area contributed by atoms with Crippen LogP contribution >= 0.6 is 0 Å². The smallest absolute Gasteiger partial charge is 0.321 e. The van der Waals surface area contributed by atoms with Crippen LogP contribution in [0.15, 0.2) is 54.6 Å². The van der Waals surface area contributed by atoms with Gasteiger partial charge in [0.05, 0.1) is 0 Å². The first-order valence-corrected chi connectivity index (χ1v) is 6.77. The third-order valence-corrected chi connectivity index (χ3v) is 3.24. The summed E-state index contributed by atoms with van der Waals surface area (Å²) in [6, 6.07) is 16.5. The van der Waals surface area contributed by atoms with Gasteiger partial charge in [-0.15, -0.1) is 0 Å². The van der Waals surface area contributed by atoms with Crippen LogP contribution in [0.25, 0.3) is 0 Å². The molecule has 0 heterocycles. The highest BCUT2D eigenvalue weighted by atomic mass is 16.5. The van der Waals surface area contributed by atoms with Crippen molar-refractivity contribution in [1.82, 2.24) is 4.90 Å². The molecule has 0 aliphatic carbocycles. The number of hydrogen-bond acceptors (Lipinski definition) is 3. The summed E-state index contributed by atoms with van der Waals surface area (Å²) in [7, 11) is 3.54. The number of nitrogens with zero attached hydrogens (tertiary/aromatic N) is 1. The van der Waals surface area contributed by atoms with Gasteiger partial charge in [-0.1, -0.05) is 30.3 Å². The van der Waals surface area contributed by atoms with E-state index in [1.54, 1.807) is 19.0 Å². The van der Waals surface area contributed by atoms with Crippen LogP contribution in [0.5, 0.6) is 11.5 Å². The maximum atomic E-state index is 11.2. The van der Waals surface area contributed by atoms with E-state index in [-0.39, 0.29) is 0 Å². The minimum absolute atomic E-state index is 0.466. The average Bonchev–Trinajstić information content (AvgIpc) is 2.47. The molecular formula is C17H19NO3. The largest absolute Gasteiger partial charge is 0.480 e. The number of carboxylic acid groups (broad SMARTS) is 1. The molecule has 0 radical (unpaired) electrons. The number of para-hydroxylation sites is 1. The summed E-state index contributed by atoms with van der Waals surface area (Å²) in [5.41, 5.74) is 0.969. The fraction of sp³-hybridized carbons (Fsp3) is 0.235. The Hall–Kier alpha value is -2.33. The van der Waals surface area contributed by atoms with Crippen LogP contribution in [0.4, 0.5) is 0 Å². The molecule has 0 amide bonds. The molecule has 2 aromatic carbocycles. The molecule has 110 valence electrons.